The average Bonchev–Trinajstić information content (AvgIpc) is 3.08. The first-order valence-corrected chi connectivity index (χ1v) is 18.1. The van der Waals surface area contributed by atoms with E-state index in [1.807, 2.05) is 39.0 Å². The highest BCUT2D eigenvalue weighted by Crippen LogP contribution is 2.46. The number of hydrogen-bond donors (Lipinski definition) is 2. The molecular formula is C35H47ClN2O6S. The molecule has 1 saturated carbocycles. The third-order valence-corrected chi connectivity index (χ3v) is 11.4. The van der Waals surface area contributed by atoms with Crippen LogP contribution >= 0.6 is 11.6 Å². The minimum absolute atomic E-state index is 0.0332. The van der Waals surface area contributed by atoms with Gasteiger partial charge in [0.05, 0.1) is 29.2 Å². The van der Waals surface area contributed by atoms with Crippen LogP contribution in [0.4, 0.5) is 5.69 Å². The van der Waals surface area contributed by atoms with E-state index in [0.717, 1.165) is 48.6 Å². The van der Waals surface area contributed by atoms with Crippen molar-refractivity contribution in [3.63, 3.8) is 0 Å². The summed E-state index contributed by atoms with van der Waals surface area (Å²) in [5, 5.41) is 16.6. The van der Waals surface area contributed by atoms with Gasteiger partial charge in [-0.3, -0.25) is 0 Å². The number of aliphatic hydroxyl groups is 1. The van der Waals surface area contributed by atoms with Crippen LogP contribution in [0.2, 0.25) is 5.02 Å². The number of fused-ring (bicyclic) bond motifs is 3. The summed E-state index contributed by atoms with van der Waals surface area (Å²) < 4.78 is 35.9. The molecule has 1 aliphatic heterocycles. The van der Waals surface area contributed by atoms with Gasteiger partial charge in [-0.05, 0) is 119 Å². The summed E-state index contributed by atoms with van der Waals surface area (Å²) in [4.78, 5) is 15.5. The molecule has 0 aromatic heterocycles. The molecule has 0 radical (unpaired) electrons. The maximum atomic E-state index is 13.1. The molecule has 3 N–H and O–H groups in total. The van der Waals surface area contributed by atoms with E-state index in [1.165, 1.54) is 11.1 Å². The molecule has 0 amide bonds. The zero-order chi connectivity index (χ0) is 32.6. The normalized spacial score (nSPS) is 24.6. The summed E-state index contributed by atoms with van der Waals surface area (Å²) in [6.07, 6.45) is 8.29. The Labute approximate surface area is 273 Å². The van der Waals surface area contributed by atoms with Crippen molar-refractivity contribution in [2.75, 3.05) is 24.6 Å². The van der Waals surface area contributed by atoms with E-state index in [4.69, 9.17) is 26.2 Å². The molecule has 2 aromatic carbocycles. The number of anilines is 1. The molecule has 10 heteroatoms. The number of primary sulfonamides is 1. The highest BCUT2D eigenvalue weighted by atomic mass is 35.5. The van der Waals surface area contributed by atoms with Crippen molar-refractivity contribution >= 4 is 33.3 Å². The van der Waals surface area contributed by atoms with Gasteiger partial charge in [0.2, 0.25) is 10.0 Å². The molecule has 1 spiro atoms. The molecule has 5 atom stereocenters. The van der Waals surface area contributed by atoms with Crippen LogP contribution < -0.4 is 14.8 Å². The fourth-order valence-electron chi connectivity index (χ4n) is 7.18. The van der Waals surface area contributed by atoms with Crippen molar-refractivity contribution in [3.8, 4) is 5.75 Å². The number of esters is 1. The Hall–Kier alpha value is -2.59. The molecule has 1 unspecified atom stereocenters. The lowest BCUT2D eigenvalue weighted by Gasteiger charge is -2.45. The molecular weight excluding hydrogens is 612 g/mol. The third-order valence-electron chi connectivity index (χ3n) is 9.69. The number of benzene rings is 2. The molecule has 1 heterocycles. The van der Waals surface area contributed by atoms with Crippen molar-refractivity contribution < 1.29 is 27.8 Å². The number of nitrogens with two attached hydrogens (primary N) is 1. The van der Waals surface area contributed by atoms with Gasteiger partial charge in [0.1, 0.15) is 11.4 Å². The Morgan fingerprint density at radius 2 is 2.02 bits per heavy atom. The van der Waals surface area contributed by atoms with Gasteiger partial charge in [-0.15, -0.1) is 0 Å². The maximum absolute atomic E-state index is 13.1. The van der Waals surface area contributed by atoms with Gasteiger partial charge in [0.15, 0.2) is 0 Å². The van der Waals surface area contributed by atoms with Gasteiger partial charge in [-0.25, -0.2) is 18.4 Å². The van der Waals surface area contributed by atoms with Crippen molar-refractivity contribution in [1.82, 2.24) is 0 Å². The Morgan fingerprint density at radius 3 is 2.69 bits per heavy atom. The predicted molar refractivity (Wildman–Crippen MR) is 179 cm³/mol. The Kier molecular flexibility index (Phi) is 9.95. The van der Waals surface area contributed by atoms with Crippen molar-refractivity contribution in [3.05, 3.63) is 70.3 Å². The highest BCUT2D eigenvalue weighted by Gasteiger charge is 2.44. The van der Waals surface area contributed by atoms with Crippen molar-refractivity contribution in [2.45, 2.75) is 95.0 Å². The first kappa shape index (κ1) is 33.8. The van der Waals surface area contributed by atoms with Crippen LogP contribution in [-0.4, -0.2) is 56.1 Å². The van der Waals surface area contributed by atoms with Crippen LogP contribution in [0.3, 0.4) is 0 Å². The van der Waals surface area contributed by atoms with E-state index in [9.17, 15) is 18.3 Å². The molecule has 0 bridgehead atoms. The van der Waals surface area contributed by atoms with Gasteiger partial charge in [0, 0.05) is 23.5 Å². The number of sulfonamides is 1. The Balaban J connectivity index is 1.43. The van der Waals surface area contributed by atoms with Crippen LogP contribution in [0.5, 0.6) is 5.75 Å². The van der Waals surface area contributed by atoms with Gasteiger partial charge in [-0.1, -0.05) is 36.7 Å². The minimum Gasteiger partial charge on any atom is -0.490 e. The fraction of sp³-hybridized carbons (Fsp3) is 0.571. The number of carbonyl (C=O) groups is 1. The Morgan fingerprint density at radius 1 is 1.24 bits per heavy atom. The lowest BCUT2D eigenvalue weighted by atomic mass is 9.68. The van der Waals surface area contributed by atoms with Crippen LogP contribution in [0.1, 0.15) is 87.7 Å². The highest BCUT2D eigenvalue weighted by molar-refractivity contribution is 7.89. The number of aryl methyl sites for hydroxylation is 1. The first-order valence-electron chi connectivity index (χ1n) is 16.1. The smallest absolute Gasteiger partial charge is 0.338 e. The molecule has 5 rings (SSSR count). The second kappa shape index (κ2) is 13.3. The average molecular weight is 659 g/mol. The molecule has 2 aliphatic carbocycles. The standard InChI is InChI=1S/C35H47ClN2O6S/c1-5-27(45(37,41)42)9-6-10-31(39)28-14-11-25(28)20-38-21-35(17-7-8-23-18-26(36)13-15-29(23)35)22-43-32-16-12-24(19-30(32)38)33(40)44-34(2,3)4/h6,10,12-13,15-16,18-19,25,27-28,31,39H,5,7-9,11,14,17,20-22H2,1-4H3,(H2,37,41,42)/b10-6+/t25-,27+,28+,31-,35?/m0/s1. The van der Waals surface area contributed by atoms with Crippen LogP contribution in [-0.2, 0) is 26.6 Å². The minimum atomic E-state index is -3.64. The van der Waals surface area contributed by atoms with E-state index in [2.05, 4.69) is 17.0 Å². The second-order valence-corrected chi connectivity index (χ2v) is 16.3. The monoisotopic (exact) mass is 658 g/mol. The van der Waals surface area contributed by atoms with E-state index < -0.39 is 27.0 Å². The number of rotatable bonds is 9. The predicted octanol–water partition coefficient (Wildman–Crippen LogP) is 6.17. The number of halogens is 1. The van der Waals surface area contributed by atoms with Crippen molar-refractivity contribution in [2.24, 2.45) is 17.0 Å². The zero-order valence-corrected chi connectivity index (χ0v) is 28.4. The van der Waals surface area contributed by atoms with Crippen LogP contribution in [0, 0.1) is 11.8 Å². The number of allylic oxidation sites excluding steroid dienone is 1. The third kappa shape index (κ3) is 7.70. The van der Waals surface area contributed by atoms with Crippen LogP contribution in [0.25, 0.3) is 0 Å². The van der Waals surface area contributed by atoms with E-state index in [-0.39, 0.29) is 29.6 Å². The summed E-state index contributed by atoms with van der Waals surface area (Å²) >= 11 is 6.40. The lowest BCUT2D eigenvalue weighted by Crippen LogP contribution is -2.49. The molecule has 8 nitrogen and oxygen atoms in total. The maximum Gasteiger partial charge on any atom is 0.338 e. The van der Waals surface area contributed by atoms with E-state index in [0.29, 0.717) is 31.7 Å². The fourth-order valence-corrected chi connectivity index (χ4v) is 8.22. The number of aliphatic hydroxyl groups excluding tert-OH is 1. The summed E-state index contributed by atoms with van der Waals surface area (Å²) in [6, 6.07) is 11.7. The molecule has 246 valence electrons. The Bertz CT molecular complexity index is 1540. The van der Waals surface area contributed by atoms with Gasteiger partial charge >= 0.3 is 5.97 Å². The summed E-state index contributed by atoms with van der Waals surface area (Å²) in [6.45, 7) is 9.26. The topological polar surface area (TPSA) is 119 Å². The summed E-state index contributed by atoms with van der Waals surface area (Å²) in [5.74, 6) is 0.580. The molecule has 2 aromatic rings. The van der Waals surface area contributed by atoms with E-state index >= 15 is 0 Å². The van der Waals surface area contributed by atoms with Gasteiger partial charge in [-0.2, -0.15) is 0 Å². The zero-order valence-electron chi connectivity index (χ0n) is 26.8. The van der Waals surface area contributed by atoms with Crippen molar-refractivity contribution in [1.29, 1.82) is 0 Å². The summed E-state index contributed by atoms with van der Waals surface area (Å²) in [5.41, 5.74) is 2.96. The van der Waals surface area contributed by atoms with E-state index in [1.54, 1.807) is 25.1 Å². The SMILES string of the molecule is CC[C@H](C/C=C/[C@H](O)[C@@H]1CC[C@H]1CN1CC2(CCCc3cc(Cl)ccc32)COc2ccc(C(=O)OC(C)(C)C)cc21)S(N)(=O)=O. The number of nitrogens with zero attached hydrogens (tertiary/aromatic N) is 1. The molecule has 0 saturated heterocycles. The van der Waals surface area contributed by atoms with Crippen LogP contribution in [0.15, 0.2) is 48.6 Å². The molecule has 45 heavy (non-hydrogen) atoms. The number of ether oxygens (including phenoxy) is 2. The number of hydrogen-bond acceptors (Lipinski definition) is 7. The first-order chi connectivity index (χ1) is 21.2. The molecule has 1 fully saturated rings. The number of carbonyl (C=O) groups excluding carboxylic acids is 1. The largest absolute Gasteiger partial charge is 0.490 e. The van der Waals surface area contributed by atoms with Gasteiger partial charge < -0.3 is 19.5 Å². The quantitative estimate of drug-likeness (QED) is 0.244. The lowest BCUT2D eigenvalue weighted by molar-refractivity contribution is 0.00694. The molecule has 3 aliphatic rings. The summed E-state index contributed by atoms with van der Waals surface area (Å²) in [7, 11) is -3.64. The second-order valence-electron chi connectivity index (χ2n) is 14.1. The van der Waals surface area contributed by atoms with Gasteiger partial charge in [0.25, 0.3) is 0 Å².